The highest BCUT2D eigenvalue weighted by molar-refractivity contribution is 6.31. The molecule has 32 heavy (non-hydrogen) atoms. The van der Waals surface area contributed by atoms with Crippen molar-refractivity contribution < 1.29 is 14.3 Å². The van der Waals surface area contributed by atoms with Crippen molar-refractivity contribution in [3.8, 4) is 0 Å². The highest BCUT2D eigenvalue weighted by Gasteiger charge is 2.12. The molecule has 0 saturated carbocycles. The number of halogens is 1. The summed E-state index contributed by atoms with van der Waals surface area (Å²) in [5.74, 6) is -0.944. The Morgan fingerprint density at radius 2 is 1.72 bits per heavy atom. The number of aryl methyl sites for hydroxylation is 2. The number of carbonyl (C=O) groups is 2. The Kier molecular flexibility index (Phi) is 8.63. The molecule has 0 unspecified atom stereocenters. The maximum Gasteiger partial charge on any atom is 0.331 e. The van der Waals surface area contributed by atoms with Gasteiger partial charge in [-0.3, -0.25) is 4.79 Å². The van der Waals surface area contributed by atoms with Crippen LogP contribution in [0.4, 0.5) is 0 Å². The van der Waals surface area contributed by atoms with Crippen molar-refractivity contribution in [2.75, 3.05) is 13.2 Å². The van der Waals surface area contributed by atoms with Crippen LogP contribution in [0.3, 0.4) is 0 Å². The molecular formula is C25H26ClN3O3. The van der Waals surface area contributed by atoms with E-state index >= 15 is 0 Å². The number of rotatable bonds is 10. The molecule has 1 heterocycles. The molecule has 166 valence electrons. The molecule has 6 nitrogen and oxygen atoms in total. The largest absolute Gasteiger partial charge is 0.452 e. The molecule has 0 atom stereocenters. The molecule has 0 aliphatic heterocycles. The summed E-state index contributed by atoms with van der Waals surface area (Å²) in [6.07, 6.45) is 4.51. The number of esters is 1. The first kappa shape index (κ1) is 23.3. The fraction of sp³-hybridized carbons (Fsp3) is 0.240. The van der Waals surface area contributed by atoms with Crippen molar-refractivity contribution in [1.82, 2.24) is 15.1 Å². The molecule has 1 N–H and O–H groups in total. The molecule has 0 aliphatic carbocycles. The average molecular weight is 452 g/mol. The zero-order chi connectivity index (χ0) is 22.8. The minimum atomic E-state index is -0.615. The molecule has 3 rings (SSSR count). The van der Waals surface area contributed by atoms with E-state index in [9.17, 15) is 9.59 Å². The standard InChI is InChI=1S/C25H26ClN3O3/c1-19-22(25(26)29(28-19)17-21-11-6-3-7-12-21)14-15-24(31)32-18-23(30)27-16-8-13-20-9-4-2-5-10-20/h2-7,9-12,14-15H,8,13,16-18H2,1H3,(H,27,30)/b15-14+. The molecule has 1 aromatic heterocycles. The summed E-state index contributed by atoms with van der Waals surface area (Å²) in [6, 6.07) is 19.9. The van der Waals surface area contributed by atoms with Crippen LogP contribution in [-0.2, 0) is 27.3 Å². The van der Waals surface area contributed by atoms with Crippen molar-refractivity contribution in [2.45, 2.75) is 26.3 Å². The van der Waals surface area contributed by atoms with Gasteiger partial charge >= 0.3 is 5.97 Å². The number of ether oxygens (including phenoxy) is 1. The molecule has 0 radical (unpaired) electrons. The molecule has 1 amide bonds. The number of amides is 1. The van der Waals surface area contributed by atoms with Crippen LogP contribution in [0.25, 0.3) is 6.08 Å². The van der Waals surface area contributed by atoms with Gasteiger partial charge in [-0.2, -0.15) is 5.10 Å². The Bertz CT molecular complexity index is 1060. The first-order valence-electron chi connectivity index (χ1n) is 10.4. The predicted molar refractivity (Wildman–Crippen MR) is 125 cm³/mol. The van der Waals surface area contributed by atoms with Crippen molar-refractivity contribution in [1.29, 1.82) is 0 Å². The van der Waals surface area contributed by atoms with E-state index in [0.717, 1.165) is 18.4 Å². The monoisotopic (exact) mass is 451 g/mol. The number of nitrogens with one attached hydrogen (secondary N) is 1. The van der Waals surface area contributed by atoms with E-state index in [4.69, 9.17) is 16.3 Å². The van der Waals surface area contributed by atoms with Crippen molar-refractivity contribution in [2.24, 2.45) is 0 Å². The Labute approximate surface area is 192 Å². The summed E-state index contributed by atoms with van der Waals surface area (Å²) in [7, 11) is 0. The van der Waals surface area contributed by atoms with E-state index in [0.29, 0.717) is 29.5 Å². The molecule has 3 aromatic rings. The number of carbonyl (C=O) groups excluding carboxylic acids is 2. The highest BCUT2D eigenvalue weighted by atomic mass is 35.5. The third-order valence-corrected chi connectivity index (χ3v) is 5.22. The van der Waals surface area contributed by atoms with Crippen LogP contribution in [0, 0.1) is 6.92 Å². The maximum atomic E-state index is 12.0. The molecule has 0 aliphatic rings. The number of nitrogens with zero attached hydrogens (tertiary/aromatic N) is 2. The van der Waals surface area contributed by atoms with Gasteiger partial charge in [0.15, 0.2) is 6.61 Å². The molecule has 0 fully saturated rings. The summed E-state index contributed by atoms with van der Waals surface area (Å²) in [5, 5.41) is 7.63. The minimum absolute atomic E-state index is 0.325. The molecule has 0 saturated heterocycles. The number of benzene rings is 2. The summed E-state index contributed by atoms with van der Waals surface area (Å²) >= 11 is 6.44. The van der Waals surface area contributed by atoms with Gasteiger partial charge in [0, 0.05) is 18.2 Å². The van der Waals surface area contributed by atoms with Crippen LogP contribution >= 0.6 is 11.6 Å². The molecule has 0 spiro atoms. The second kappa shape index (κ2) is 11.9. The van der Waals surface area contributed by atoms with E-state index in [-0.39, 0.29) is 12.5 Å². The third kappa shape index (κ3) is 7.10. The fourth-order valence-electron chi connectivity index (χ4n) is 3.17. The van der Waals surface area contributed by atoms with E-state index in [1.165, 1.54) is 11.6 Å². The quantitative estimate of drug-likeness (QED) is 0.285. The minimum Gasteiger partial charge on any atom is -0.452 e. The van der Waals surface area contributed by atoms with Gasteiger partial charge in [0.1, 0.15) is 5.15 Å². The zero-order valence-electron chi connectivity index (χ0n) is 18.0. The van der Waals surface area contributed by atoms with Gasteiger partial charge in [-0.25, -0.2) is 9.48 Å². The maximum absolute atomic E-state index is 12.0. The van der Waals surface area contributed by atoms with Crippen molar-refractivity contribution in [3.63, 3.8) is 0 Å². The summed E-state index contributed by atoms with van der Waals surface area (Å²) < 4.78 is 6.70. The van der Waals surface area contributed by atoms with E-state index in [1.54, 1.807) is 10.8 Å². The lowest BCUT2D eigenvalue weighted by Gasteiger charge is -2.05. The Hall–Kier alpha value is -3.38. The number of hydrogen-bond donors (Lipinski definition) is 1. The first-order valence-corrected chi connectivity index (χ1v) is 10.8. The lowest BCUT2D eigenvalue weighted by atomic mass is 10.1. The number of hydrogen-bond acceptors (Lipinski definition) is 4. The molecule has 2 aromatic carbocycles. The van der Waals surface area contributed by atoms with Crippen LogP contribution in [0.1, 0.15) is 28.8 Å². The van der Waals surface area contributed by atoms with Gasteiger partial charge in [0.2, 0.25) is 0 Å². The summed E-state index contributed by atoms with van der Waals surface area (Å²) in [5.41, 5.74) is 3.64. The van der Waals surface area contributed by atoms with Crippen LogP contribution in [0.15, 0.2) is 66.7 Å². The lowest BCUT2D eigenvalue weighted by Crippen LogP contribution is -2.29. The average Bonchev–Trinajstić information content (AvgIpc) is 3.07. The van der Waals surface area contributed by atoms with Gasteiger partial charge in [-0.1, -0.05) is 72.3 Å². The lowest BCUT2D eigenvalue weighted by molar-refractivity contribution is -0.143. The van der Waals surface area contributed by atoms with Gasteiger partial charge in [0.05, 0.1) is 12.2 Å². The van der Waals surface area contributed by atoms with Gasteiger partial charge in [-0.15, -0.1) is 0 Å². The van der Waals surface area contributed by atoms with Crippen LogP contribution in [0.5, 0.6) is 0 Å². The van der Waals surface area contributed by atoms with E-state index in [2.05, 4.69) is 22.5 Å². The Morgan fingerprint density at radius 3 is 2.41 bits per heavy atom. The zero-order valence-corrected chi connectivity index (χ0v) is 18.7. The molecular weight excluding hydrogens is 426 g/mol. The van der Waals surface area contributed by atoms with Gasteiger partial charge < -0.3 is 10.1 Å². The number of aromatic nitrogens is 2. The summed E-state index contributed by atoms with van der Waals surface area (Å²) in [4.78, 5) is 23.9. The third-order valence-electron chi connectivity index (χ3n) is 4.82. The topological polar surface area (TPSA) is 73.2 Å². The van der Waals surface area contributed by atoms with Gasteiger partial charge in [0.25, 0.3) is 5.91 Å². The van der Waals surface area contributed by atoms with Crippen molar-refractivity contribution in [3.05, 3.63) is 94.3 Å². The predicted octanol–water partition coefficient (Wildman–Crippen LogP) is 4.20. The van der Waals surface area contributed by atoms with Gasteiger partial charge in [-0.05, 0) is 37.0 Å². The van der Waals surface area contributed by atoms with Crippen LogP contribution in [-0.4, -0.2) is 34.8 Å². The second-order valence-corrected chi connectivity index (χ2v) is 7.67. The Morgan fingerprint density at radius 1 is 1.06 bits per heavy atom. The molecule has 0 bridgehead atoms. The summed E-state index contributed by atoms with van der Waals surface area (Å²) in [6.45, 7) is 2.55. The fourth-order valence-corrected chi connectivity index (χ4v) is 3.47. The van der Waals surface area contributed by atoms with E-state index < -0.39 is 5.97 Å². The molecule has 7 heteroatoms. The van der Waals surface area contributed by atoms with E-state index in [1.807, 2.05) is 55.5 Å². The first-order chi connectivity index (χ1) is 15.5. The Balaban J connectivity index is 1.42. The highest BCUT2D eigenvalue weighted by Crippen LogP contribution is 2.22. The second-order valence-electron chi connectivity index (χ2n) is 7.31. The van der Waals surface area contributed by atoms with Crippen LogP contribution < -0.4 is 5.32 Å². The normalized spacial score (nSPS) is 10.9. The van der Waals surface area contributed by atoms with Crippen LogP contribution in [0.2, 0.25) is 5.15 Å². The smallest absolute Gasteiger partial charge is 0.331 e. The van der Waals surface area contributed by atoms with Crippen molar-refractivity contribution >= 4 is 29.6 Å². The SMILES string of the molecule is Cc1nn(Cc2ccccc2)c(Cl)c1/C=C/C(=O)OCC(=O)NCCCc1ccccc1.